The predicted octanol–water partition coefficient (Wildman–Crippen LogP) is 5.69. The molecular weight excluding hydrogens is 614 g/mol. The van der Waals surface area contributed by atoms with Gasteiger partial charge in [0, 0.05) is 25.6 Å². The Balaban J connectivity index is 1.01. The van der Waals surface area contributed by atoms with Crippen LogP contribution in [0.15, 0.2) is 65.9 Å². The molecule has 0 radical (unpaired) electrons. The quantitative estimate of drug-likeness (QED) is 0.182. The van der Waals surface area contributed by atoms with E-state index < -0.39 is 0 Å². The van der Waals surface area contributed by atoms with E-state index in [1.165, 1.54) is 0 Å². The summed E-state index contributed by atoms with van der Waals surface area (Å²) in [6, 6.07) is 16.5. The van der Waals surface area contributed by atoms with Crippen molar-refractivity contribution in [1.82, 2.24) is 40.4 Å². The number of aromatic amines is 2. The molecule has 4 N–H and O–H groups in total. The van der Waals surface area contributed by atoms with Gasteiger partial charge in [-0.25, -0.2) is 9.97 Å². The number of aliphatic imine (C=N–C) groups is 1. The number of rotatable bonds is 9. The van der Waals surface area contributed by atoms with E-state index in [1.54, 1.807) is 0 Å². The van der Waals surface area contributed by atoms with Gasteiger partial charge in [0.2, 0.25) is 11.8 Å². The molecule has 0 aliphatic carbocycles. The first-order valence-corrected chi connectivity index (χ1v) is 17.7. The molecule has 256 valence electrons. The zero-order valence-electron chi connectivity index (χ0n) is 28.9. The SMILES string of the molecule is CC(C)C(=O)N1CCC[C@H]1c1ncc(-c2ccc(-c3ccc(-c4cnc([C@@H]5CCCN5C(=O)[C@@H](NC5=NCCN5)C(C)C)[nH]4)cc3)cc2)[nH]1. The van der Waals surface area contributed by atoms with Gasteiger partial charge in [-0.05, 0) is 53.9 Å². The number of aromatic nitrogens is 4. The smallest absolute Gasteiger partial charge is 0.246 e. The first kappa shape index (κ1) is 32.6. The Morgan fingerprint density at radius 1 is 0.735 bits per heavy atom. The lowest BCUT2D eigenvalue weighted by Gasteiger charge is -2.30. The third-order valence-electron chi connectivity index (χ3n) is 10.0. The van der Waals surface area contributed by atoms with Gasteiger partial charge in [-0.3, -0.25) is 14.6 Å². The van der Waals surface area contributed by atoms with Crippen LogP contribution in [0.5, 0.6) is 0 Å². The first-order valence-electron chi connectivity index (χ1n) is 17.7. The van der Waals surface area contributed by atoms with Crippen molar-refractivity contribution >= 4 is 17.8 Å². The topological polar surface area (TPSA) is 134 Å². The molecule has 4 aromatic rings. The molecule has 7 rings (SSSR count). The molecule has 3 aliphatic rings. The number of guanidine groups is 1. The number of amides is 2. The third-order valence-corrected chi connectivity index (χ3v) is 10.0. The van der Waals surface area contributed by atoms with Gasteiger partial charge in [0.15, 0.2) is 5.96 Å². The van der Waals surface area contributed by atoms with Crippen molar-refractivity contribution in [2.75, 3.05) is 26.2 Å². The molecule has 0 bridgehead atoms. The predicted molar refractivity (Wildman–Crippen MR) is 191 cm³/mol. The van der Waals surface area contributed by atoms with Crippen molar-refractivity contribution in [2.45, 2.75) is 71.5 Å². The molecule has 0 unspecified atom stereocenters. The number of H-pyrrole nitrogens is 2. The molecule has 3 atom stereocenters. The third kappa shape index (κ3) is 6.71. The van der Waals surface area contributed by atoms with Crippen LogP contribution in [0.25, 0.3) is 33.6 Å². The summed E-state index contributed by atoms with van der Waals surface area (Å²) in [6.45, 7) is 11.1. The summed E-state index contributed by atoms with van der Waals surface area (Å²) in [6.07, 6.45) is 7.51. The fraction of sp³-hybridized carbons (Fsp3) is 0.447. The molecule has 0 spiro atoms. The second kappa shape index (κ2) is 13.9. The molecule has 11 heteroatoms. The summed E-state index contributed by atoms with van der Waals surface area (Å²) in [5.74, 6) is 2.78. The Labute approximate surface area is 288 Å². The Bertz CT molecular complexity index is 1800. The fourth-order valence-electron chi connectivity index (χ4n) is 7.29. The van der Waals surface area contributed by atoms with Crippen LogP contribution in [0.2, 0.25) is 0 Å². The summed E-state index contributed by atoms with van der Waals surface area (Å²) in [7, 11) is 0. The van der Waals surface area contributed by atoms with Gasteiger partial charge >= 0.3 is 0 Å². The van der Waals surface area contributed by atoms with E-state index in [0.717, 1.165) is 97.2 Å². The molecule has 5 heterocycles. The Hall–Kier alpha value is -4.93. The molecule has 49 heavy (non-hydrogen) atoms. The summed E-state index contributed by atoms with van der Waals surface area (Å²) in [5.41, 5.74) is 6.23. The first-order chi connectivity index (χ1) is 23.8. The summed E-state index contributed by atoms with van der Waals surface area (Å²) in [5, 5.41) is 6.57. The maximum Gasteiger partial charge on any atom is 0.246 e. The van der Waals surface area contributed by atoms with Crippen molar-refractivity contribution in [1.29, 1.82) is 0 Å². The highest BCUT2D eigenvalue weighted by molar-refractivity contribution is 5.90. The second-order valence-electron chi connectivity index (χ2n) is 14.1. The highest BCUT2D eigenvalue weighted by atomic mass is 16.2. The van der Waals surface area contributed by atoms with Gasteiger partial charge in [-0.15, -0.1) is 0 Å². The lowest BCUT2D eigenvalue weighted by atomic mass is 10.0. The lowest BCUT2D eigenvalue weighted by Crippen LogP contribution is -2.53. The summed E-state index contributed by atoms with van der Waals surface area (Å²) < 4.78 is 0. The molecule has 2 fully saturated rings. The normalized spacial score (nSPS) is 19.8. The number of benzene rings is 2. The van der Waals surface area contributed by atoms with E-state index in [9.17, 15) is 9.59 Å². The van der Waals surface area contributed by atoms with Gasteiger partial charge in [0.25, 0.3) is 0 Å². The number of hydrogen-bond acceptors (Lipinski definition) is 7. The van der Waals surface area contributed by atoms with Crippen LogP contribution in [0.3, 0.4) is 0 Å². The van der Waals surface area contributed by atoms with E-state index in [4.69, 9.17) is 4.98 Å². The zero-order chi connectivity index (χ0) is 34.1. The van der Waals surface area contributed by atoms with Crippen LogP contribution < -0.4 is 10.6 Å². The summed E-state index contributed by atoms with van der Waals surface area (Å²) >= 11 is 0. The molecule has 2 amide bonds. The van der Waals surface area contributed by atoms with Crippen LogP contribution in [0.1, 0.15) is 77.1 Å². The summed E-state index contributed by atoms with van der Waals surface area (Å²) in [4.78, 5) is 51.3. The zero-order valence-corrected chi connectivity index (χ0v) is 28.9. The minimum atomic E-state index is -0.345. The van der Waals surface area contributed by atoms with E-state index in [-0.39, 0.29) is 41.8 Å². The second-order valence-corrected chi connectivity index (χ2v) is 14.1. The number of nitrogens with zero attached hydrogens (tertiary/aromatic N) is 5. The van der Waals surface area contributed by atoms with E-state index in [0.29, 0.717) is 5.96 Å². The highest BCUT2D eigenvalue weighted by Gasteiger charge is 2.37. The van der Waals surface area contributed by atoms with Crippen molar-refractivity contribution in [2.24, 2.45) is 16.8 Å². The lowest BCUT2D eigenvalue weighted by molar-refractivity contribution is -0.136. The van der Waals surface area contributed by atoms with E-state index in [2.05, 4.69) is 93.0 Å². The van der Waals surface area contributed by atoms with Gasteiger partial charge in [-0.1, -0.05) is 76.2 Å². The molecule has 3 aliphatic heterocycles. The van der Waals surface area contributed by atoms with Gasteiger partial charge in [0.05, 0.1) is 42.4 Å². The molecule has 2 aromatic carbocycles. The minimum Gasteiger partial charge on any atom is -0.355 e. The average molecular weight is 662 g/mol. The van der Waals surface area contributed by atoms with E-state index in [1.807, 2.05) is 36.0 Å². The van der Waals surface area contributed by atoms with Gasteiger partial charge in [-0.2, -0.15) is 0 Å². The maximum atomic E-state index is 13.7. The highest BCUT2D eigenvalue weighted by Crippen LogP contribution is 2.35. The van der Waals surface area contributed by atoms with Crippen LogP contribution in [-0.2, 0) is 9.59 Å². The van der Waals surface area contributed by atoms with Gasteiger partial charge in [0.1, 0.15) is 17.7 Å². The van der Waals surface area contributed by atoms with Crippen LogP contribution in [-0.4, -0.2) is 79.7 Å². The Morgan fingerprint density at radius 2 is 1.22 bits per heavy atom. The monoisotopic (exact) mass is 661 g/mol. The largest absolute Gasteiger partial charge is 0.355 e. The number of imidazole rings is 2. The van der Waals surface area contributed by atoms with Crippen LogP contribution >= 0.6 is 0 Å². The molecule has 2 saturated heterocycles. The van der Waals surface area contributed by atoms with Crippen molar-refractivity contribution < 1.29 is 9.59 Å². The Kier molecular flexibility index (Phi) is 9.25. The standard InChI is InChI=1S/C38H47N9O2/c1-23(2)33(45-38-39-17-18-40-38)37(49)47-20-6-8-32(47)35-42-22-30(44-35)28-15-11-26(12-16-28)25-9-13-27(14-10-25)29-21-41-34(43-29)31-7-5-19-46(31)36(48)24(3)4/h9-16,21-24,31-33H,5-8,17-20H2,1-4H3,(H,41,43)(H,42,44)(H2,39,40,45)/t31-,32-,33-/m0/s1. The number of carbonyl (C=O) groups excluding carboxylic acids is 2. The van der Waals surface area contributed by atoms with Crippen LogP contribution in [0.4, 0.5) is 0 Å². The molecule has 11 nitrogen and oxygen atoms in total. The molecular formula is C38H47N9O2. The fourth-order valence-corrected chi connectivity index (χ4v) is 7.29. The van der Waals surface area contributed by atoms with Crippen molar-refractivity contribution in [3.63, 3.8) is 0 Å². The average Bonchev–Trinajstić information content (AvgIpc) is 3.96. The Morgan fingerprint density at radius 3 is 1.67 bits per heavy atom. The molecule has 0 saturated carbocycles. The van der Waals surface area contributed by atoms with Crippen LogP contribution in [0, 0.1) is 11.8 Å². The van der Waals surface area contributed by atoms with Crippen molar-refractivity contribution in [3.05, 3.63) is 72.6 Å². The maximum absolute atomic E-state index is 13.7. The van der Waals surface area contributed by atoms with Gasteiger partial charge < -0.3 is 30.4 Å². The minimum absolute atomic E-state index is 0.0152. The number of likely N-dealkylation sites (tertiary alicyclic amines) is 2. The number of carbonyl (C=O) groups is 2. The number of hydrogen-bond donors (Lipinski definition) is 4. The van der Waals surface area contributed by atoms with E-state index >= 15 is 0 Å². The molecule has 2 aromatic heterocycles. The van der Waals surface area contributed by atoms with Crippen molar-refractivity contribution in [3.8, 4) is 33.6 Å². The number of nitrogens with one attached hydrogen (secondary N) is 4.